The van der Waals surface area contributed by atoms with Crippen LogP contribution in [0.1, 0.15) is 11.5 Å². The predicted octanol–water partition coefficient (Wildman–Crippen LogP) is 2.81. The number of nitrogens with zero attached hydrogens (tertiary/aromatic N) is 5. The first kappa shape index (κ1) is 18.6. The molecule has 4 aromatic rings. The van der Waals surface area contributed by atoms with Gasteiger partial charge in [-0.25, -0.2) is 23.4 Å². The molecule has 3 heterocycles. The molecular weight excluding hydrogens is 394 g/mol. The molecule has 0 saturated carbocycles. The highest BCUT2D eigenvalue weighted by Crippen LogP contribution is 2.24. The summed E-state index contributed by atoms with van der Waals surface area (Å²) >= 11 is 0. The molecule has 0 bridgehead atoms. The van der Waals surface area contributed by atoms with Crippen LogP contribution in [0.15, 0.2) is 64.8 Å². The van der Waals surface area contributed by atoms with Gasteiger partial charge in [0.05, 0.1) is 0 Å². The summed E-state index contributed by atoms with van der Waals surface area (Å²) < 4.78 is 34.4. The zero-order chi connectivity index (χ0) is 20.4. The van der Waals surface area contributed by atoms with Crippen molar-refractivity contribution in [3.63, 3.8) is 0 Å². The van der Waals surface area contributed by atoms with Crippen LogP contribution in [-0.4, -0.2) is 33.1 Å². The number of rotatable bonds is 6. The smallest absolute Gasteiger partial charge is 0.267 e. The quantitative estimate of drug-likeness (QED) is 0.496. The molecular formula is C18H17N7O3S. The second kappa shape index (κ2) is 7.36. The van der Waals surface area contributed by atoms with Gasteiger partial charge in [0.2, 0.25) is 0 Å². The van der Waals surface area contributed by atoms with Crippen LogP contribution in [0.25, 0.3) is 5.82 Å². The van der Waals surface area contributed by atoms with Crippen LogP contribution >= 0.6 is 0 Å². The monoisotopic (exact) mass is 411 g/mol. The van der Waals surface area contributed by atoms with Gasteiger partial charge < -0.3 is 9.84 Å². The molecule has 0 aliphatic rings. The van der Waals surface area contributed by atoms with Crippen molar-refractivity contribution < 1.29 is 12.9 Å². The van der Waals surface area contributed by atoms with E-state index in [2.05, 4.69) is 30.1 Å². The van der Waals surface area contributed by atoms with Crippen LogP contribution in [0.2, 0.25) is 0 Å². The fraction of sp³-hybridized carbons (Fsp3) is 0.111. The van der Waals surface area contributed by atoms with Crippen molar-refractivity contribution in [2.75, 3.05) is 10.0 Å². The fourth-order valence-electron chi connectivity index (χ4n) is 2.79. The van der Waals surface area contributed by atoms with Gasteiger partial charge in [0.25, 0.3) is 10.0 Å². The third-order valence-electron chi connectivity index (χ3n) is 4.07. The number of anilines is 3. The van der Waals surface area contributed by atoms with E-state index in [4.69, 9.17) is 4.52 Å². The molecule has 1 aromatic carbocycles. The van der Waals surface area contributed by atoms with Crippen molar-refractivity contribution in [3.05, 3.63) is 66.8 Å². The van der Waals surface area contributed by atoms with Gasteiger partial charge in [0.15, 0.2) is 10.7 Å². The standard InChI is InChI=1S/C18H17N7O3S/c1-12-18(13(2)28-23-12)29(26,27)24-15-5-3-14(4-6-15)22-16-9-17(21-10-20-16)25-8-7-19-11-25/h3-11,24H,1-2H3,(H,20,21,22). The van der Waals surface area contributed by atoms with Gasteiger partial charge in [-0.05, 0) is 38.1 Å². The lowest BCUT2D eigenvalue weighted by Gasteiger charge is -2.10. The molecule has 0 unspecified atom stereocenters. The number of nitrogens with one attached hydrogen (secondary N) is 2. The Morgan fingerprint density at radius 3 is 2.48 bits per heavy atom. The maximum atomic E-state index is 12.6. The summed E-state index contributed by atoms with van der Waals surface area (Å²) in [7, 11) is -3.79. The van der Waals surface area contributed by atoms with Crippen molar-refractivity contribution >= 4 is 27.2 Å². The van der Waals surface area contributed by atoms with Gasteiger partial charge in [0.1, 0.15) is 30.0 Å². The number of hydrogen-bond acceptors (Lipinski definition) is 8. The van der Waals surface area contributed by atoms with Crippen LogP contribution in [0, 0.1) is 13.8 Å². The first-order valence-electron chi connectivity index (χ1n) is 8.55. The maximum absolute atomic E-state index is 12.6. The molecule has 0 saturated heterocycles. The third kappa shape index (κ3) is 3.94. The first-order chi connectivity index (χ1) is 13.9. The molecule has 148 valence electrons. The summed E-state index contributed by atoms with van der Waals surface area (Å²) in [5.41, 5.74) is 1.46. The number of sulfonamides is 1. The van der Waals surface area contributed by atoms with Crippen molar-refractivity contribution in [3.8, 4) is 5.82 Å². The topological polar surface area (TPSA) is 128 Å². The Bertz CT molecular complexity index is 1210. The van der Waals surface area contributed by atoms with Gasteiger partial charge in [-0.3, -0.25) is 9.29 Å². The summed E-state index contributed by atoms with van der Waals surface area (Å²) in [6, 6.07) is 8.55. The van der Waals surface area contributed by atoms with Gasteiger partial charge in [-0.1, -0.05) is 5.16 Å². The minimum Gasteiger partial charge on any atom is -0.360 e. The number of benzene rings is 1. The van der Waals surface area contributed by atoms with E-state index < -0.39 is 10.0 Å². The highest BCUT2D eigenvalue weighted by atomic mass is 32.2. The molecule has 0 aliphatic heterocycles. The van der Waals surface area contributed by atoms with E-state index in [0.717, 1.165) is 5.69 Å². The average Bonchev–Trinajstić information content (AvgIpc) is 3.34. The molecule has 0 aliphatic carbocycles. The Balaban J connectivity index is 1.50. The predicted molar refractivity (Wildman–Crippen MR) is 106 cm³/mol. The van der Waals surface area contributed by atoms with Gasteiger partial charge in [0, 0.05) is 29.8 Å². The molecule has 29 heavy (non-hydrogen) atoms. The third-order valence-corrected chi connectivity index (χ3v) is 5.69. The average molecular weight is 411 g/mol. The molecule has 4 rings (SSSR count). The van der Waals surface area contributed by atoms with Crippen LogP contribution in [0.3, 0.4) is 0 Å². The minimum atomic E-state index is -3.79. The molecule has 10 nitrogen and oxygen atoms in total. The lowest BCUT2D eigenvalue weighted by atomic mass is 10.3. The van der Waals surface area contributed by atoms with Crippen LogP contribution in [0.4, 0.5) is 17.2 Å². The molecule has 2 N–H and O–H groups in total. The Kier molecular flexibility index (Phi) is 4.72. The largest absolute Gasteiger partial charge is 0.360 e. The molecule has 0 atom stereocenters. The van der Waals surface area contributed by atoms with Crippen LogP contribution < -0.4 is 10.0 Å². The van der Waals surface area contributed by atoms with Crippen molar-refractivity contribution in [1.29, 1.82) is 0 Å². The molecule has 0 amide bonds. The van der Waals surface area contributed by atoms with Gasteiger partial charge in [-0.2, -0.15) is 0 Å². The Labute approximate surface area is 166 Å². The van der Waals surface area contributed by atoms with E-state index >= 15 is 0 Å². The van der Waals surface area contributed by atoms with Gasteiger partial charge >= 0.3 is 0 Å². The zero-order valence-electron chi connectivity index (χ0n) is 15.6. The van der Waals surface area contributed by atoms with Crippen molar-refractivity contribution in [2.45, 2.75) is 18.7 Å². The van der Waals surface area contributed by atoms with Crippen LogP contribution in [0.5, 0.6) is 0 Å². The summed E-state index contributed by atoms with van der Waals surface area (Å²) in [4.78, 5) is 12.4. The minimum absolute atomic E-state index is 0.0488. The number of hydrogen-bond donors (Lipinski definition) is 2. The lowest BCUT2D eigenvalue weighted by molar-refractivity contribution is 0.390. The van der Waals surface area contributed by atoms with E-state index in [1.165, 1.54) is 6.33 Å². The summed E-state index contributed by atoms with van der Waals surface area (Å²) in [6.07, 6.45) is 6.54. The molecule has 0 fully saturated rings. The Morgan fingerprint density at radius 1 is 1.07 bits per heavy atom. The van der Waals surface area contributed by atoms with E-state index in [0.29, 0.717) is 23.0 Å². The molecule has 11 heteroatoms. The summed E-state index contributed by atoms with van der Waals surface area (Å²) in [5.74, 6) is 1.50. The Morgan fingerprint density at radius 2 is 1.83 bits per heavy atom. The molecule has 3 aromatic heterocycles. The number of aromatic nitrogens is 5. The van der Waals surface area contributed by atoms with E-state index in [-0.39, 0.29) is 10.7 Å². The first-order valence-corrected chi connectivity index (χ1v) is 10.0. The summed E-state index contributed by atoms with van der Waals surface area (Å²) in [6.45, 7) is 3.14. The van der Waals surface area contributed by atoms with Crippen molar-refractivity contribution in [2.24, 2.45) is 0 Å². The van der Waals surface area contributed by atoms with E-state index in [1.807, 2.05) is 0 Å². The SMILES string of the molecule is Cc1noc(C)c1S(=O)(=O)Nc1ccc(Nc2cc(-n3ccnc3)ncn2)cc1. The fourth-order valence-corrected chi connectivity index (χ4v) is 4.18. The summed E-state index contributed by atoms with van der Waals surface area (Å²) in [5, 5.41) is 6.84. The zero-order valence-corrected chi connectivity index (χ0v) is 16.4. The normalized spacial score (nSPS) is 11.4. The Hall–Kier alpha value is -3.73. The highest BCUT2D eigenvalue weighted by Gasteiger charge is 2.24. The molecule has 0 radical (unpaired) electrons. The van der Waals surface area contributed by atoms with E-state index in [9.17, 15) is 8.42 Å². The van der Waals surface area contributed by atoms with Gasteiger partial charge in [-0.15, -0.1) is 0 Å². The number of aryl methyl sites for hydroxylation is 2. The second-order valence-corrected chi connectivity index (χ2v) is 7.81. The second-order valence-electron chi connectivity index (χ2n) is 6.19. The van der Waals surface area contributed by atoms with Crippen LogP contribution in [-0.2, 0) is 10.0 Å². The highest BCUT2D eigenvalue weighted by molar-refractivity contribution is 7.92. The number of imidazole rings is 1. The molecule has 0 spiro atoms. The lowest BCUT2D eigenvalue weighted by Crippen LogP contribution is -2.14. The van der Waals surface area contributed by atoms with E-state index in [1.54, 1.807) is 67.5 Å². The maximum Gasteiger partial charge on any atom is 0.267 e. The van der Waals surface area contributed by atoms with Crippen molar-refractivity contribution in [1.82, 2.24) is 24.7 Å².